The number of hydrogen-bond donors (Lipinski definition) is 2. The first-order valence-corrected chi connectivity index (χ1v) is 6.64. The number of carbonyl (C=O) groups is 2. The highest BCUT2D eigenvalue weighted by Crippen LogP contribution is 2.31. The van der Waals surface area contributed by atoms with Gasteiger partial charge in [-0.2, -0.15) is 0 Å². The quantitative estimate of drug-likeness (QED) is 0.740. The number of aliphatic carboxylic acids is 1. The SMILES string of the molecule is COC1CCN(C(=O)NCCCC(=O)O)CC1(C)C. The Kier molecular flexibility index (Phi) is 5.60. The van der Waals surface area contributed by atoms with Crippen LogP contribution in [0.25, 0.3) is 0 Å². The molecule has 0 bridgehead atoms. The first-order chi connectivity index (χ1) is 8.86. The summed E-state index contributed by atoms with van der Waals surface area (Å²) in [5.74, 6) is -0.837. The number of carboxylic acid groups (broad SMARTS) is 1. The molecule has 1 heterocycles. The molecule has 1 rings (SSSR count). The van der Waals surface area contributed by atoms with Crippen molar-refractivity contribution in [2.45, 2.75) is 39.2 Å². The lowest BCUT2D eigenvalue weighted by atomic mass is 9.81. The summed E-state index contributed by atoms with van der Waals surface area (Å²) in [4.78, 5) is 24.1. The number of carbonyl (C=O) groups excluding carboxylic acids is 1. The van der Waals surface area contributed by atoms with Crippen molar-refractivity contribution >= 4 is 12.0 Å². The minimum absolute atomic E-state index is 0.0641. The van der Waals surface area contributed by atoms with E-state index in [9.17, 15) is 9.59 Å². The number of likely N-dealkylation sites (tertiary alicyclic amines) is 1. The van der Waals surface area contributed by atoms with Gasteiger partial charge in [-0.3, -0.25) is 4.79 Å². The molecule has 0 radical (unpaired) electrons. The first-order valence-electron chi connectivity index (χ1n) is 6.64. The van der Waals surface area contributed by atoms with Crippen LogP contribution in [-0.4, -0.2) is 54.9 Å². The van der Waals surface area contributed by atoms with Crippen LogP contribution in [0.1, 0.15) is 33.1 Å². The number of nitrogens with zero attached hydrogens (tertiary/aromatic N) is 1. The van der Waals surface area contributed by atoms with Gasteiger partial charge in [0.05, 0.1) is 6.10 Å². The molecule has 1 fully saturated rings. The van der Waals surface area contributed by atoms with Gasteiger partial charge in [-0.05, 0) is 12.8 Å². The minimum atomic E-state index is -0.837. The summed E-state index contributed by atoms with van der Waals surface area (Å²) in [5.41, 5.74) is -0.0641. The van der Waals surface area contributed by atoms with Crippen molar-refractivity contribution in [2.24, 2.45) is 5.41 Å². The van der Waals surface area contributed by atoms with Crippen LogP contribution in [0.2, 0.25) is 0 Å². The molecule has 1 unspecified atom stereocenters. The maximum Gasteiger partial charge on any atom is 0.317 e. The second-order valence-electron chi connectivity index (χ2n) is 5.65. The Balaban J connectivity index is 2.36. The summed E-state index contributed by atoms with van der Waals surface area (Å²) in [6.45, 7) is 5.90. The van der Waals surface area contributed by atoms with Gasteiger partial charge in [-0.15, -0.1) is 0 Å². The molecule has 0 aromatic heterocycles. The minimum Gasteiger partial charge on any atom is -0.481 e. The van der Waals surface area contributed by atoms with Crippen LogP contribution in [0.5, 0.6) is 0 Å². The van der Waals surface area contributed by atoms with Gasteiger partial charge in [0.15, 0.2) is 0 Å². The molecule has 2 N–H and O–H groups in total. The number of methoxy groups -OCH3 is 1. The van der Waals surface area contributed by atoms with E-state index >= 15 is 0 Å². The number of rotatable bonds is 5. The summed E-state index contributed by atoms with van der Waals surface area (Å²) in [5, 5.41) is 11.3. The zero-order chi connectivity index (χ0) is 14.5. The Labute approximate surface area is 114 Å². The molecule has 110 valence electrons. The van der Waals surface area contributed by atoms with Gasteiger partial charge in [-0.1, -0.05) is 13.8 Å². The maximum atomic E-state index is 12.0. The van der Waals surface area contributed by atoms with E-state index in [1.54, 1.807) is 12.0 Å². The summed E-state index contributed by atoms with van der Waals surface area (Å²) in [6, 6.07) is -0.118. The first kappa shape index (κ1) is 15.8. The molecule has 1 saturated heterocycles. The third kappa shape index (κ3) is 4.70. The van der Waals surface area contributed by atoms with Crippen molar-refractivity contribution in [2.75, 3.05) is 26.7 Å². The van der Waals surface area contributed by atoms with Crippen molar-refractivity contribution in [3.8, 4) is 0 Å². The molecule has 0 saturated carbocycles. The van der Waals surface area contributed by atoms with Crippen molar-refractivity contribution < 1.29 is 19.4 Å². The van der Waals surface area contributed by atoms with Crippen molar-refractivity contribution in [3.05, 3.63) is 0 Å². The fourth-order valence-corrected chi connectivity index (χ4v) is 2.49. The number of ether oxygens (including phenoxy) is 1. The highest BCUT2D eigenvalue weighted by molar-refractivity contribution is 5.74. The molecule has 0 spiro atoms. The average Bonchev–Trinajstić information content (AvgIpc) is 2.32. The van der Waals surface area contributed by atoms with Crippen LogP contribution in [0.4, 0.5) is 4.79 Å². The number of piperidine rings is 1. The van der Waals surface area contributed by atoms with Crippen LogP contribution in [0.3, 0.4) is 0 Å². The average molecular weight is 272 g/mol. The molecule has 2 amide bonds. The molecule has 19 heavy (non-hydrogen) atoms. The van der Waals surface area contributed by atoms with E-state index in [1.165, 1.54) is 0 Å². The third-order valence-corrected chi connectivity index (χ3v) is 3.55. The largest absolute Gasteiger partial charge is 0.481 e. The van der Waals surface area contributed by atoms with Crippen LogP contribution in [0.15, 0.2) is 0 Å². The van der Waals surface area contributed by atoms with Crippen LogP contribution >= 0.6 is 0 Å². The number of amides is 2. The Bertz CT molecular complexity index is 331. The molecule has 0 aliphatic carbocycles. The zero-order valence-electron chi connectivity index (χ0n) is 11.9. The van der Waals surface area contributed by atoms with E-state index in [4.69, 9.17) is 9.84 Å². The fourth-order valence-electron chi connectivity index (χ4n) is 2.49. The smallest absolute Gasteiger partial charge is 0.317 e. The van der Waals surface area contributed by atoms with Gasteiger partial charge in [0, 0.05) is 38.6 Å². The predicted molar refractivity (Wildman–Crippen MR) is 71.0 cm³/mol. The highest BCUT2D eigenvalue weighted by Gasteiger charge is 2.37. The number of urea groups is 1. The lowest BCUT2D eigenvalue weighted by Crippen LogP contribution is -2.53. The van der Waals surface area contributed by atoms with Crippen LogP contribution in [0, 0.1) is 5.41 Å². The molecule has 1 aliphatic rings. The summed E-state index contributed by atoms with van der Waals surface area (Å²) < 4.78 is 5.44. The number of nitrogens with one attached hydrogen (secondary N) is 1. The Hall–Kier alpha value is -1.30. The van der Waals surface area contributed by atoms with E-state index < -0.39 is 5.97 Å². The van der Waals surface area contributed by atoms with Crippen molar-refractivity contribution in [1.82, 2.24) is 10.2 Å². The predicted octanol–water partition coefficient (Wildman–Crippen LogP) is 1.31. The van der Waals surface area contributed by atoms with E-state index in [-0.39, 0.29) is 24.0 Å². The Morgan fingerprint density at radius 3 is 2.68 bits per heavy atom. The van der Waals surface area contributed by atoms with E-state index in [0.29, 0.717) is 26.1 Å². The molecule has 1 aliphatic heterocycles. The molecule has 1 atom stereocenters. The lowest BCUT2D eigenvalue weighted by molar-refractivity contribution is -0.137. The molecular formula is C13H24N2O4. The van der Waals surface area contributed by atoms with Crippen LogP contribution < -0.4 is 5.32 Å². The standard InChI is InChI=1S/C13H24N2O4/c1-13(2)9-15(8-6-10(13)19-3)12(18)14-7-4-5-11(16)17/h10H,4-9H2,1-3H3,(H,14,18)(H,16,17). The van der Waals surface area contributed by atoms with Crippen molar-refractivity contribution in [1.29, 1.82) is 0 Å². The van der Waals surface area contributed by atoms with Gasteiger partial charge < -0.3 is 20.1 Å². The lowest BCUT2D eigenvalue weighted by Gasteiger charge is -2.43. The molecule has 0 aromatic carbocycles. The van der Waals surface area contributed by atoms with E-state index in [2.05, 4.69) is 19.2 Å². The maximum absolute atomic E-state index is 12.0. The second-order valence-corrected chi connectivity index (χ2v) is 5.65. The normalized spacial score (nSPS) is 22.1. The summed E-state index contributed by atoms with van der Waals surface area (Å²) in [7, 11) is 1.70. The molecule has 6 nitrogen and oxygen atoms in total. The molecular weight excluding hydrogens is 248 g/mol. The topological polar surface area (TPSA) is 78.9 Å². The number of carboxylic acids is 1. The second kappa shape index (κ2) is 6.75. The van der Waals surface area contributed by atoms with E-state index in [1.807, 2.05) is 0 Å². The summed E-state index contributed by atoms with van der Waals surface area (Å²) >= 11 is 0. The Morgan fingerprint density at radius 2 is 2.16 bits per heavy atom. The van der Waals surface area contributed by atoms with Gasteiger partial charge >= 0.3 is 12.0 Å². The molecule has 6 heteroatoms. The fraction of sp³-hybridized carbons (Fsp3) is 0.846. The van der Waals surface area contributed by atoms with Crippen LogP contribution in [-0.2, 0) is 9.53 Å². The monoisotopic (exact) mass is 272 g/mol. The Morgan fingerprint density at radius 1 is 1.47 bits per heavy atom. The number of hydrogen-bond acceptors (Lipinski definition) is 3. The van der Waals surface area contributed by atoms with Gasteiger partial charge in [0.1, 0.15) is 0 Å². The molecule has 0 aromatic rings. The van der Waals surface area contributed by atoms with Crippen molar-refractivity contribution in [3.63, 3.8) is 0 Å². The van der Waals surface area contributed by atoms with Gasteiger partial charge in [0.2, 0.25) is 0 Å². The van der Waals surface area contributed by atoms with Gasteiger partial charge in [-0.25, -0.2) is 4.79 Å². The van der Waals surface area contributed by atoms with E-state index in [0.717, 1.165) is 6.42 Å². The summed E-state index contributed by atoms with van der Waals surface area (Å²) in [6.07, 6.45) is 1.53. The zero-order valence-corrected chi connectivity index (χ0v) is 11.9. The third-order valence-electron chi connectivity index (χ3n) is 3.55. The van der Waals surface area contributed by atoms with Gasteiger partial charge in [0.25, 0.3) is 0 Å². The highest BCUT2D eigenvalue weighted by atomic mass is 16.5.